The van der Waals surface area contributed by atoms with E-state index in [1.54, 1.807) is 0 Å². The number of hydrogen-bond donors (Lipinski definition) is 8. The second-order valence-electron chi connectivity index (χ2n) is 1.67. The summed E-state index contributed by atoms with van der Waals surface area (Å²) in [6, 6.07) is 0. The molecule has 10 nitrogen and oxygen atoms in total. The van der Waals surface area contributed by atoms with Crippen LogP contribution < -0.4 is 0 Å². The molecule has 0 aliphatic rings. The van der Waals surface area contributed by atoms with Crippen LogP contribution in [0.4, 0.5) is 0 Å². The predicted molar refractivity (Wildman–Crippen MR) is 30.6 cm³/mol. The first-order chi connectivity index (χ1) is 4.45. The Labute approximate surface area is 70.6 Å². The fraction of sp³-hybridized carbons (Fsp3) is 0. The molecule has 0 aromatic carbocycles. The van der Waals surface area contributed by atoms with E-state index in [0.29, 0.717) is 0 Å². The Morgan fingerprint density at radius 2 is 0.750 bits per heavy atom. The van der Waals surface area contributed by atoms with E-state index in [1.165, 1.54) is 0 Å². The van der Waals surface area contributed by atoms with Gasteiger partial charge in [0.15, 0.2) is 0 Å². The van der Waals surface area contributed by atoms with Crippen LogP contribution in [0.2, 0.25) is 0 Å². The summed E-state index contributed by atoms with van der Waals surface area (Å²) in [5, 5.41) is 0. The van der Waals surface area contributed by atoms with E-state index in [0.717, 1.165) is 0 Å². The molecule has 0 atom stereocenters. The van der Waals surface area contributed by atoms with Gasteiger partial charge in [0.1, 0.15) is 0 Å². The van der Waals surface area contributed by atoms with Crippen LogP contribution >= 0.6 is 0 Å². The Bertz CT molecular complexity index is 210. The average molecular weight is 423 g/mol. The third kappa shape index (κ3) is 1430. The van der Waals surface area contributed by atoms with Gasteiger partial charge in [-0.3, -0.25) is 0 Å². The molecule has 0 saturated carbocycles. The Morgan fingerprint density at radius 1 is 0.750 bits per heavy atom. The second kappa shape index (κ2) is 2.93. The molecule has 8 N–H and O–H groups in total. The van der Waals surface area contributed by atoms with Gasteiger partial charge >= 0.3 is 70.9 Å². The van der Waals surface area contributed by atoms with Gasteiger partial charge in [-0.05, 0) is 0 Å². The van der Waals surface area contributed by atoms with Gasteiger partial charge in [0.2, 0.25) is 0 Å². The van der Waals surface area contributed by atoms with Crippen molar-refractivity contribution in [1.82, 2.24) is 0 Å². The minimum atomic E-state index is -8.18. The summed E-state index contributed by atoms with van der Waals surface area (Å²) in [6.45, 7) is 0. The minimum absolute atomic E-state index is 5.52. The molecule has 0 aromatic heterocycles. The number of hydrogen-bond acceptors (Lipinski definition) is 8. The van der Waals surface area contributed by atoms with E-state index >= 15 is 0 Å². The monoisotopic (exact) mass is 428 g/mol. The zero-order valence-corrected chi connectivity index (χ0v) is 9.87. The van der Waals surface area contributed by atoms with Gasteiger partial charge in [0.25, 0.3) is 0 Å². The normalized spacial score (nSPS) is 18.3. The van der Waals surface area contributed by atoms with Crippen molar-refractivity contribution in [2.45, 2.75) is 0 Å². The Balaban J connectivity index is 0. The maximum absolute atomic E-state index is 8.85. The third-order valence-electron chi connectivity index (χ3n) is 0. The first kappa shape index (κ1) is 15.3. The van der Waals surface area contributed by atoms with Crippen molar-refractivity contribution >= 4 is 36.9 Å². The van der Waals surface area contributed by atoms with Crippen molar-refractivity contribution < 1.29 is 34.0 Å². The molecule has 0 amide bonds. The van der Waals surface area contributed by atoms with Crippen LogP contribution in [0, 0.1) is 0 Å². The molecule has 12 heavy (non-hydrogen) atoms. The molecule has 12 heteroatoms. The molecular formula is H8O10Te2. The van der Waals surface area contributed by atoms with E-state index in [1.807, 2.05) is 0 Å². The standard InChI is InChI=1S/H6O6Te.H2O4Te/c1-7(2,3,4,5)6;1-5(2,3)4/h1-6H;(H2,1,2,3,4). The summed E-state index contributed by atoms with van der Waals surface area (Å²) in [5.41, 5.74) is 0. The first-order valence-electron chi connectivity index (χ1n) is 1.79. The van der Waals surface area contributed by atoms with Gasteiger partial charge in [0, 0.05) is 0 Å². The van der Waals surface area contributed by atoms with Crippen LogP contribution in [0.1, 0.15) is 0 Å². The summed E-state index contributed by atoms with van der Waals surface area (Å²) in [4.78, 5) is 0. The Kier molecular flexibility index (Phi) is 3.74. The summed E-state index contributed by atoms with van der Waals surface area (Å²) < 4.78 is 76.5. The van der Waals surface area contributed by atoms with Crippen molar-refractivity contribution in [2.75, 3.05) is 0 Å². The van der Waals surface area contributed by atoms with E-state index in [9.17, 15) is 0 Å². The summed E-state index contributed by atoms with van der Waals surface area (Å²) >= 11 is -13.7. The maximum atomic E-state index is 8.85. The fourth-order valence-electron chi connectivity index (χ4n) is 0. The second-order valence-corrected chi connectivity index (χ2v) is 11.2. The molecule has 0 heterocycles. The van der Waals surface area contributed by atoms with Gasteiger partial charge in [-0.15, -0.1) is 0 Å². The summed E-state index contributed by atoms with van der Waals surface area (Å²) in [5.74, 6) is 0. The van der Waals surface area contributed by atoms with Crippen LogP contribution in [-0.2, 0) is 6.21 Å². The van der Waals surface area contributed by atoms with Crippen LogP contribution in [0.25, 0.3) is 0 Å². The average Bonchev–Trinajstić information content (AvgIpc) is 1.04. The van der Waals surface area contributed by atoms with Gasteiger partial charge < -0.3 is 0 Å². The van der Waals surface area contributed by atoms with Crippen LogP contribution in [0.3, 0.4) is 0 Å². The van der Waals surface area contributed by atoms with Gasteiger partial charge in [0.05, 0.1) is 0 Å². The van der Waals surface area contributed by atoms with Crippen molar-refractivity contribution in [1.29, 1.82) is 0 Å². The zero-order chi connectivity index (χ0) is 10.9. The van der Waals surface area contributed by atoms with Crippen molar-refractivity contribution in [3.63, 3.8) is 0 Å². The van der Waals surface area contributed by atoms with Crippen molar-refractivity contribution in [2.24, 2.45) is 0 Å². The molecule has 0 bridgehead atoms. The summed E-state index contributed by atoms with van der Waals surface area (Å²) in [6.07, 6.45) is 0. The first-order valence-corrected chi connectivity index (χ1v) is 12.0. The predicted octanol–water partition coefficient (Wildman–Crippen LogP) is -5.46. The molecule has 0 aliphatic heterocycles. The zero-order valence-electron chi connectivity index (χ0n) is 5.21. The van der Waals surface area contributed by atoms with E-state index in [-0.39, 0.29) is 0 Å². The van der Waals surface area contributed by atoms with Crippen LogP contribution in [0.5, 0.6) is 0 Å². The Morgan fingerprint density at radius 3 is 0.750 bits per heavy atom. The third-order valence-corrected chi connectivity index (χ3v) is 0. The molecule has 0 unspecified atom stereocenters. The topological polar surface area (TPSA) is 196 Å². The van der Waals surface area contributed by atoms with Gasteiger partial charge in [-0.2, -0.15) is 0 Å². The van der Waals surface area contributed by atoms with E-state index in [4.69, 9.17) is 34.0 Å². The molecule has 0 aliphatic carbocycles. The summed E-state index contributed by atoms with van der Waals surface area (Å²) in [7, 11) is 0. The molecule has 0 radical (unpaired) electrons. The van der Waals surface area contributed by atoms with Gasteiger partial charge in [-0.25, -0.2) is 0 Å². The quantitative estimate of drug-likeness (QED) is 0.174. The molecule has 0 aromatic rings. The molecule has 0 fully saturated rings. The molecule has 0 spiro atoms. The number of rotatable bonds is 0. The molecule has 0 saturated heterocycles. The van der Waals surface area contributed by atoms with Crippen molar-refractivity contribution in [3.05, 3.63) is 0 Å². The van der Waals surface area contributed by atoms with Crippen LogP contribution in [0.15, 0.2) is 0 Å². The van der Waals surface area contributed by atoms with E-state index < -0.39 is 36.9 Å². The molecular weight excluding hydrogens is 415 g/mol. The molecule has 80 valence electrons. The van der Waals surface area contributed by atoms with E-state index in [2.05, 4.69) is 0 Å². The van der Waals surface area contributed by atoms with Crippen molar-refractivity contribution in [3.8, 4) is 0 Å². The SMILES string of the molecule is O=[Te](=O)(O)O.O[Te](O)(O)(O)(O)O. The Hall–Kier alpha value is 0.859. The van der Waals surface area contributed by atoms with Gasteiger partial charge in [-0.1, -0.05) is 0 Å². The molecule has 0 rings (SSSR count). The fourth-order valence-corrected chi connectivity index (χ4v) is 0. The van der Waals surface area contributed by atoms with Crippen LogP contribution in [-0.4, -0.2) is 64.6 Å².